The molecule has 0 amide bonds. The second-order valence-corrected chi connectivity index (χ2v) is 2.82. The molecule has 1 unspecified atom stereocenters. The van der Waals surface area contributed by atoms with Crippen LogP contribution in [0.4, 0.5) is 0 Å². The molecule has 12 heavy (non-hydrogen) atoms. The van der Waals surface area contributed by atoms with Crippen molar-refractivity contribution in [1.82, 2.24) is 9.97 Å². The van der Waals surface area contributed by atoms with Gasteiger partial charge in [-0.25, -0.2) is 4.98 Å². The Morgan fingerprint density at radius 2 is 2.50 bits per heavy atom. The first-order valence-corrected chi connectivity index (χ1v) is 4.02. The molecular formula is C8H15N3O. The number of rotatable bonds is 4. The van der Waals surface area contributed by atoms with Crippen LogP contribution in [0.1, 0.15) is 24.5 Å². The number of ether oxygens (including phenoxy) is 1. The van der Waals surface area contributed by atoms with Crippen molar-refractivity contribution >= 4 is 0 Å². The van der Waals surface area contributed by atoms with Crippen LogP contribution in [0, 0.1) is 0 Å². The predicted molar refractivity (Wildman–Crippen MR) is 46.8 cm³/mol. The number of imidazole rings is 1. The third-order valence-corrected chi connectivity index (χ3v) is 1.68. The second-order valence-electron chi connectivity index (χ2n) is 2.82. The molecule has 0 radical (unpaired) electrons. The number of aromatic amines is 1. The van der Waals surface area contributed by atoms with E-state index in [4.69, 9.17) is 10.5 Å². The molecule has 0 aliphatic rings. The molecule has 68 valence electrons. The maximum absolute atomic E-state index is 5.65. The summed E-state index contributed by atoms with van der Waals surface area (Å²) in [6, 6.07) is 0.0220. The van der Waals surface area contributed by atoms with E-state index < -0.39 is 0 Å². The van der Waals surface area contributed by atoms with E-state index in [1.807, 2.05) is 6.92 Å². The van der Waals surface area contributed by atoms with Gasteiger partial charge in [-0.1, -0.05) is 0 Å². The van der Waals surface area contributed by atoms with Gasteiger partial charge in [-0.15, -0.1) is 0 Å². The van der Waals surface area contributed by atoms with Crippen LogP contribution in [0.25, 0.3) is 0 Å². The number of aromatic nitrogens is 2. The van der Waals surface area contributed by atoms with Crippen molar-refractivity contribution in [3.8, 4) is 0 Å². The van der Waals surface area contributed by atoms with Gasteiger partial charge in [0.15, 0.2) is 0 Å². The zero-order valence-electron chi connectivity index (χ0n) is 7.50. The minimum Gasteiger partial charge on any atom is -0.384 e. The molecule has 0 aromatic carbocycles. The molecule has 0 saturated heterocycles. The number of hydrogen-bond donors (Lipinski definition) is 2. The molecule has 0 fully saturated rings. The van der Waals surface area contributed by atoms with E-state index in [1.54, 1.807) is 13.3 Å². The summed E-state index contributed by atoms with van der Waals surface area (Å²) in [7, 11) is 1.68. The van der Waals surface area contributed by atoms with Crippen LogP contribution in [0.2, 0.25) is 0 Å². The van der Waals surface area contributed by atoms with Gasteiger partial charge in [0.1, 0.15) is 5.82 Å². The summed E-state index contributed by atoms with van der Waals surface area (Å²) < 4.78 is 4.92. The highest BCUT2D eigenvalue weighted by molar-refractivity contribution is 5.04. The lowest BCUT2D eigenvalue weighted by Crippen LogP contribution is -2.05. The van der Waals surface area contributed by atoms with E-state index in [1.165, 1.54) is 0 Å². The fraction of sp³-hybridized carbons (Fsp3) is 0.625. The lowest BCUT2D eigenvalue weighted by atomic mass is 10.3. The Morgan fingerprint density at radius 3 is 3.00 bits per heavy atom. The monoisotopic (exact) mass is 169 g/mol. The average Bonchev–Trinajstić information content (AvgIpc) is 2.48. The number of nitrogens with one attached hydrogen (secondary N) is 1. The molecule has 0 saturated carbocycles. The fourth-order valence-electron chi connectivity index (χ4n) is 0.936. The van der Waals surface area contributed by atoms with E-state index >= 15 is 0 Å². The zero-order valence-corrected chi connectivity index (χ0v) is 7.50. The van der Waals surface area contributed by atoms with Gasteiger partial charge in [-0.2, -0.15) is 0 Å². The van der Waals surface area contributed by atoms with E-state index in [0.717, 1.165) is 17.9 Å². The summed E-state index contributed by atoms with van der Waals surface area (Å²) in [5.74, 6) is 0.934. The van der Waals surface area contributed by atoms with Crippen LogP contribution in [0.5, 0.6) is 0 Å². The standard InChI is InChI=1S/C8H15N3O/c1-6(9)7-5-10-8(11-7)3-4-12-2/h5-6H,3-4,9H2,1-2H3,(H,10,11). The Labute approximate surface area is 72.1 Å². The lowest BCUT2D eigenvalue weighted by molar-refractivity contribution is 0.200. The van der Waals surface area contributed by atoms with Crippen LogP contribution in [0.15, 0.2) is 6.20 Å². The number of H-pyrrole nitrogens is 1. The smallest absolute Gasteiger partial charge is 0.108 e. The summed E-state index contributed by atoms with van der Waals surface area (Å²) in [4.78, 5) is 7.29. The second kappa shape index (κ2) is 4.23. The first kappa shape index (κ1) is 9.22. The van der Waals surface area contributed by atoms with Gasteiger partial charge < -0.3 is 15.5 Å². The minimum atomic E-state index is 0.0220. The van der Waals surface area contributed by atoms with E-state index in [-0.39, 0.29) is 6.04 Å². The quantitative estimate of drug-likeness (QED) is 0.694. The first-order valence-electron chi connectivity index (χ1n) is 4.02. The number of hydrogen-bond acceptors (Lipinski definition) is 3. The molecule has 0 aliphatic carbocycles. The van der Waals surface area contributed by atoms with Gasteiger partial charge in [-0.05, 0) is 6.92 Å². The largest absolute Gasteiger partial charge is 0.384 e. The molecule has 0 bridgehead atoms. The van der Waals surface area contributed by atoms with Crippen molar-refractivity contribution in [1.29, 1.82) is 0 Å². The summed E-state index contributed by atoms with van der Waals surface area (Å²) in [5, 5.41) is 0. The Morgan fingerprint density at radius 1 is 1.75 bits per heavy atom. The van der Waals surface area contributed by atoms with Crippen molar-refractivity contribution < 1.29 is 4.74 Å². The fourth-order valence-corrected chi connectivity index (χ4v) is 0.936. The molecule has 4 nitrogen and oxygen atoms in total. The highest BCUT2D eigenvalue weighted by Crippen LogP contribution is 2.05. The van der Waals surface area contributed by atoms with Crippen molar-refractivity contribution in [2.75, 3.05) is 13.7 Å². The van der Waals surface area contributed by atoms with E-state index in [2.05, 4.69) is 9.97 Å². The molecule has 0 aliphatic heterocycles. The van der Waals surface area contributed by atoms with Gasteiger partial charge in [0.25, 0.3) is 0 Å². The molecule has 3 N–H and O–H groups in total. The predicted octanol–water partition coefficient (Wildman–Crippen LogP) is 0.618. The van der Waals surface area contributed by atoms with Crippen LogP contribution in [-0.2, 0) is 11.2 Å². The van der Waals surface area contributed by atoms with Gasteiger partial charge >= 0.3 is 0 Å². The Balaban J connectivity index is 2.52. The first-order chi connectivity index (χ1) is 5.74. The number of nitrogens with two attached hydrogens (primary N) is 1. The summed E-state index contributed by atoms with van der Waals surface area (Å²) >= 11 is 0. The number of methoxy groups -OCH3 is 1. The molecular weight excluding hydrogens is 154 g/mol. The van der Waals surface area contributed by atoms with Crippen molar-refractivity contribution in [2.45, 2.75) is 19.4 Å². The topological polar surface area (TPSA) is 63.9 Å². The van der Waals surface area contributed by atoms with Crippen LogP contribution in [0.3, 0.4) is 0 Å². The molecule has 1 aromatic rings. The summed E-state index contributed by atoms with van der Waals surface area (Å²) in [6.45, 7) is 2.61. The van der Waals surface area contributed by atoms with E-state index in [0.29, 0.717) is 6.61 Å². The minimum absolute atomic E-state index is 0.0220. The average molecular weight is 169 g/mol. The van der Waals surface area contributed by atoms with Gasteiger partial charge in [0, 0.05) is 25.8 Å². The van der Waals surface area contributed by atoms with E-state index in [9.17, 15) is 0 Å². The SMILES string of the molecule is COCCc1ncc(C(C)N)[nH]1. The van der Waals surface area contributed by atoms with Gasteiger partial charge in [-0.3, -0.25) is 0 Å². The number of nitrogens with zero attached hydrogens (tertiary/aromatic N) is 1. The van der Waals surface area contributed by atoms with Crippen molar-refractivity contribution in [3.05, 3.63) is 17.7 Å². The molecule has 1 aromatic heterocycles. The molecule has 1 rings (SSSR count). The Hall–Kier alpha value is -0.870. The van der Waals surface area contributed by atoms with Crippen LogP contribution < -0.4 is 5.73 Å². The summed E-state index contributed by atoms with van der Waals surface area (Å²) in [5.41, 5.74) is 6.63. The maximum Gasteiger partial charge on any atom is 0.108 e. The Bertz CT molecular complexity index is 232. The van der Waals surface area contributed by atoms with Crippen LogP contribution >= 0.6 is 0 Å². The van der Waals surface area contributed by atoms with Crippen molar-refractivity contribution in [3.63, 3.8) is 0 Å². The summed E-state index contributed by atoms with van der Waals surface area (Å²) in [6.07, 6.45) is 2.58. The highest BCUT2D eigenvalue weighted by Gasteiger charge is 2.03. The third-order valence-electron chi connectivity index (χ3n) is 1.68. The normalized spacial score (nSPS) is 13.2. The van der Waals surface area contributed by atoms with Crippen LogP contribution in [-0.4, -0.2) is 23.7 Å². The lowest BCUT2D eigenvalue weighted by Gasteiger charge is -1.99. The van der Waals surface area contributed by atoms with Gasteiger partial charge in [0.2, 0.25) is 0 Å². The van der Waals surface area contributed by atoms with Gasteiger partial charge in [0.05, 0.1) is 12.3 Å². The highest BCUT2D eigenvalue weighted by atomic mass is 16.5. The molecule has 4 heteroatoms. The molecule has 1 heterocycles. The Kier molecular flexibility index (Phi) is 3.25. The maximum atomic E-state index is 5.65. The zero-order chi connectivity index (χ0) is 8.97. The third kappa shape index (κ3) is 2.32. The molecule has 1 atom stereocenters. The molecule has 0 spiro atoms. The van der Waals surface area contributed by atoms with Crippen molar-refractivity contribution in [2.24, 2.45) is 5.73 Å².